The van der Waals surface area contributed by atoms with E-state index in [-0.39, 0.29) is 12.2 Å². The molecule has 0 bridgehead atoms. The van der Waals surface area contributed by atoms with E-state index in [1.807, 2.05) is 6.07 Å². The van der Waals surface area contributed by atoms with Crippen molar-refractivity contribution in [3.05, 3.63) is 62.7 Å². The van der Waals surface area contributed by atoms with Gasteiger partial charge in [-0.05, 0) is 44.0 Å². The standard InChI is InChI=1S/C19H19F3N2O2/c1-5-14(25)10-24-16(13-7-11(2)6-12(3)8-13)9-15(19(20,21)22)17(23-4)18(24)26/h6-9,14,25H,5,10H2,1-3H3. The average Bonchev–Trinajstić information content (AvgIpc) is 2.54. The number of benzene rings is 1. The minimum absolute atomic E-state index is 0.0361. The lowest BCUT2D eigenvalue weighted by Crippen LogP contribution is -2.29. The van der Waals surface area contributed by atoms with Crippen LogP contribution >= 0.6 is 0 Å². The first-order valence-electron chi connectivity index (χ1n) is 8.07. The third-order valence-corrected chi connectivity index (χ3v) is 4.07. The Hall–Kier alpha value is -2.59. The molecule has 1 N–H and O–H groups in total. The summed E-state index contributed by atoms with van der Waals surface area (Å²) in [5.74, 6) is 0. The molecule has 138 valence electrons. The van der Waals surface area contributed by atoms with Gasteiger partial charge in [0.2, 0.25) is 0 Å². The maximum absolute atomic E-state index is 13.4. The maximum atomic E-state index is 13.4. The van der Waals surface area contributed by atoms with Crippen LogP contribution in [0.5, 0.6) is 0 Å². The van der Waals surface area contributed by atoms with Crippen LogP contribution in [0.25, 0.3) is 16.1 Å². The van der Waals surface area contributed by atoms with Crippen LogP contribution in [0.4, 0.5) is 18.9 Å². The quantitative estimate of drug-likeness (QED) is 0.814. The SMILES string of the molecule is [C-]#[N+]c1c(C(F)(F)F)cc(-c2cc(C)cc(C)c2)n(CC(O)CC)c1=O. The molecule has 1 heterocycles. The number of pyridine rings is 1. The highest BCUT2D eigenvalue weighted by atomic mass is 19.4. The normalized spacial score (nSPS) is 12.7. The summed E-state index contributed by atoms with van der Waals surface area (Å²) in [5.41, 5.74) is -1.14. The first-order chi connectivity index (χ1) is 12.1. The smallest absolute Gasteiger partial charge is 0.391 e. The molecule has 0 aliphatic carbocycles. The fourth-order valence-electron chi connectivity index (χ4n) is 2.84. The summed E-state index contributed by atoms with van der Waals surface area (Å²) in [5, 5.41) is 9.95. The van der Waals surface area contributed by atoms with E-state index >= 15 is 0 Å². The number of aromatic nitrogens is 1. The van der Waals surface area contributed by atoms with Crippen molar-refractivity contribution in [2.24, 2.45) is 0 Å². The third-order valence-electron chi connectivity index (χ3n) is 4.07. The summed E-state index contributed by atoms with van der Waals surface area (Å²) in [7, 11) is 0. The van der Waals surface area contributed by atoms with E-state index < -0.39 is 29.1 Å². The summed E-state index contributed by atoms with van der Waals surface area (Å²) in [4.78, 5) is 15.4. The Morgan fingerprint density at radius 1 is 1.19 bits per heavy atom. The molecular weight excluding hydrogens is 345 g/mol. The summed E-state index contributed by atoms with van der Waals surface area (Å²) < 4.78 is 41.2. The van der Waals surface area contributed by atoms with Crippen molar-refractivity contribution < 1.29 is 18.3 Å². The molecule has 7 heteroatoms. The number of rotatable bonds is 4. The third kappa shape index (κ3) is 3.97. The summed E-state index contributed by atoms with van der Waals surface area (Å²) in [6.07, 6.45) is -5.41. The van der Waals surface area contributed by atoms with Gasteiger partial charge in [0.15, 0.2) is 0 Å². The molecule has 0 saturated carbocycles. The maximum Gasteiger partial charge on any atom is 0.407 e. The first kappa shape index (κ1) is 19.7. The van der Waals surface area contributed by atoms with Gasteiger partial charge in [-0.3, -0.25) is 4.79 Å². The molecule has 1 atom stereocenters. The summed E-state index contributed by atoms with van der Waals surface area (Å²) in [6, 6.07) is 6.04. The molecule has 1 unspecified atom stereocenters. The molecule has 1 aromatic heterocycles. The van der Waals surface area contributed by atoms with Gasteiger partial charge in [-0.15, -0.1) is 0 Å². The molecule has 0 spiro atoms. The van der Waals surface area contributed by atoms with Gasteiger partial charge in [0.1, 0.15) is 0 Å². The minimum atomic E-state index is -4.82. The largest absolute Gasteiger partial charge is 0.407 e. The number of hydrogen-bond acceptors (Lipinski definition) is 2. The van der Waals surface area contributed by atoms with E-state index in [4.69, 9.17) is 6.57 Å². The Morgan fingerprint density at radius 2 is 1.77 bits per heavy atom. The predicted molar refractivity (Wildman–Crippen MR) is 93.2 cm³/mol. The van der Waals surface area contributed by atoms with Gasteiger partial charge in [-0.25, -0.2) is 4.85 Å². The van der Waals surface area contributed by atoms with Crippen LogP contribution in [-0.2, 0) is 12.7 Å². The van der Waals surface area contributed by atoms with Crippen LogP contribution in [0, 0.1) is 20.4 Å². The van der Waals surface area contributed by atoms with Gasteiger partial charge in [0.25, 0.3) is 11.2 Å². The lowest BCUT2D eigenvalue weighted by atomic mass is 10.0. The molecule has 0 fully saturated rings. The zero-order valence-electron chi connectivity index (χ0n) is 14.7. The number of halogens is 3. The van der Waals surface area contributed by atoms with Crippen LogP contribution in [0.1, 0.15) is 30.0 Å². The average molecular weight is 364 g/mol. The second kappa shape index (κ2) is 7.34. The number of nitrogens with zero attached hydrogens (tertiary/aromatic N) is 2. The Bertz CT molecular complexity index is 904. The van der Waals surface area contributed by atoms with Gasteiger partial charge in [0.05, 0.1) is 24.8 Å². The zero-order valence-corrected chi connectivity index (χ0v) is 14.7. The number of hydrogen-bond donors (Lipinski definition) is 1. The Labute approximate surface area is 149 Å². The van der Waals surface area contributed by atoms with Crippen molar-refractivity contribution in [2.75, 3.05) is 0 Å². The van der Waals surface area contributed by atoms with Crippen LogP contribution < -0.4 is 5.56 Å². The monoisotopic (exact) mass is 364 g/mol. The highest BCUT2D eigenvalue weighted by Crippen LogP contribution is 2.37. The van der Waals surface area contributed by atoms with Crippen LogP contribution in [0.3, 0.4) is 0 Å². The number of aliphatic hydroxyl groups is 1. The van der Waals surface area contributed by atoms with E-state index in [1.54, 1.807) is 32.9 Å². The van der Waals surface area contributed by atoms with Gasteiger partial charge < -0.3 is 9.67 Å². The van der Waals surface area contributed by atoms with Crippen molar-refractivity contribution in [3.63, 3.8) is 0 Å². The molecule has 0 radical (unpaired) electrons. The fraction of sp³-hybridized carbons (Fsp3) is 0.368. The van der Waals surface area contributed by atoms with Gasteiger partial charge >= 0.3 is 6.18 Å². The molecule has 0 saturated heterocycles. The lowest BCUT2D eigenvalue weighted by molar-refractivity contribution is -0.136. The molecular formula is C19H19F3N2O2. The van der Waals surface area contributed by atoms with E-state index in [2.05, 4.69) is 4.85 Å². The van der Waals surface area contributed by atoms with E-state index in [0.29, 0.717) is 12.0 Å². The second-order valence-electron chi connectivity index (χ2n) is 6.26. The first-order valence-corrected chi connectivity index (χ1v) is 8.07. The number of aryl methyl sites for hydroxylation is 2. The molecule has 2 aromatic rings. The van der Waals surface area contributed by atoms with Crippen LogP contribution in [0.15, 0.2) is 29.1 Å². The van der Waals surface area contributed by atoms with Gasteiger partial charge in [-0.2, -0.15) is 13.2 Å². The van der Waals surface area contributed by atoms with Crippen molar-refractivity contribution >= 4 is 5.69 Å². The highest BCUT2D eigenvalue weighted by Gasteiger charge is 2.36. The van der Waals surface area contributed by atoms with E-state index in [1.165, 1.54) is 0 Å². The molecule has 1 aromatic carbocycles. The Balaban J connectivity index is 2.89. The van der Waals surface area contributed by atoms with E-state index in [0.717, 1.165) is 21.8 Å². The molecule has 0 amide bonds. The van der Waals surface area contributed by atoms with Gasteiger partial charge in [0, 0.05) is 5.69 Å². The highest BCUT2D eigenvalue weighted by molar-refractivity contribution is 5.67. The lowest BCUT2D eigenvalue weighted by Gasteiger charge is -2.20. The number of alkyl halides is 3. The Morgan fingerprint density at radius 3 is 2.23 bits per heavy atom. The summed E-state index contributed by atoms with van der Waals surface area (Å²) >= 11 is 0. The van der Waals surface area contributed by atoms with Crippen molar-refractivity contribution in [1.29, 1.82) is 0 Å². The predicted octanol–water partition coefficient (Wildman–Crippen LogP) is 4.47. The molecule has 4 nitrogen and oxygen atoms in total. The van der Waals surface area contributed by atoms with E-state index in [9.17, 15) is 23.1 Å². The molecule has 26 heavy (non-hydrogen) atoms. The fourth-order valence-corrected chi connectivity index (χ4v) is 2.84. The molecule has 0 aliphatic rings. The number of aliphatic hydroxyl groups excluding tert-OH is 1. The van der Waals surface area contributed by atoms with Crippen molar-refractivity contribution in [2.45, 2.75) is 46.0 Å². The zero-order chi connectivity index (χ0) is 19.6. The van der Waals surface area contributed by atoms with Crippen molar-refractivity contribution in [1.82, 2.24) is 4.57 Å². The van der Waals surface area contributed by atoms with Crippen LogP contribution in [-0.4, -0.2) is 15.8 Å². The minimum Gasteiger partial charge on any atom is -0.391 e. The molecule has 2 rings (SSSR count). The van der Waals surface area contributed by atoms with Gasteiger partial charge in [-0.1, -0.05) is 24.1 Å². The summed E-state index contributed by atoms with van der Waals surface area (Å²) in [6.45, 7) is 12.1. The van der Waals surface area contributed by atoms with Crippen LogP contribution in [0.2, 0.25) is 0 Å². The topological polar surface area (TPSA) is 46.6 Å². The Kier molecular flexibility index (Phi) is 5.57. The molecule has 0 aliphatic heterocycles. The van der Waals surface area contributed by atoms with Crippen molar-refractivity contribution in [3.8, 4) is 11.3 Å². The second-order valence-corrected chi connectivity index (χ2v) is 6.26.